The maximum atomic E-state index is 3.84. The van der Waals surface area contributed by atoms with Gasteiger partial charge in [0.2, 0.25) is 0 Å². The van der Waals surface area contributed by atoms with E-state index >= 15 is 0 Å². The molecule has 0 aliphatic heterocycles. The second-order valence-corrected chi connectivity index (χ2v) is 4.73. The van der Waals surface area contributed by atoms with Gasteiger partial charge in [-0.3, -0.25) is 0 Å². The van der Waals surface area contributed by atoms with E-state index in [-0.39, 0.29) is 0 Å². The molecule has 0 aromatic carbocycles. The summed E-state index contributed by atoms with van der Waals surface area (Å²) in [7, 11) is 0. The van der Waals surface area contributed by atoms with Crippen LogP contribution in [0.25, 0.3) is 0 Å². The minimum absolute atomic E-state index is 1.07. The fourth-order valence-electron chi connectivity index (χ4n) is 1.73. The summed E-state index contributed by atoms with van der Waals surface area (Å²) in [6.45, 7) is 6.09. The molecule has 0 heteroatoms. The minimum atomic E-state index is 1.07. The zero-order chi connectivity index (χ0) is 13.3. The Balaban J connectivity index is 3.27. The van der Waals surface area contributed by atoms with Crippen LogP contribution in [0.2, 0.25) is 0 Å². The van der Waals surface area contributed by atoms with E-state index in [4.69, 9.17) is 0 Å². The number of unbranched alkanes of at least 4 members (excludes halogenated alkanes) is 6. The molecule has 0 heterocycles. The van der Waals surface area contributed by atoms with E-state index in [1.165, 1.54) is 44.9 Å². The van der Waals surface area contributed by atoms with Crippen LogP contribution in [0, 0.1) is 6.92 Å². The highest BCUT2D eigenvalue weighted by Gasteiger charge is 1.81. The first-order valence-corrected chi connectivity index (χ1v) is 7.66. The van der Waals surface area contributed by atoms with Gasteiger partial charge in [-0.15, -0.1) is 0 Å². The van der Waals surface area contributed by atoms with Crippen molar-refractivity contribution < 1.29 is 0 Å². The molecule has 0 rings (SSSR count). The molecule has 0 bridgehead atoms. The van der Waals surface area contributed by atoms with Gasteiger partial charge in [-0.2, -0.15) is 0 Å². The van der Waals surface area contributed by atoms with E-state index in [1.54, 1.807) is 0 Å². The van der Waals surface area contributed by atoms with Crippen LogP contribution < -0.4 is 0 Å². The highest BCUT2D eigenvalue weighted by Crippen LogP contribution is 2.02. The van der Waals surface area contributed by atoms with Crippen LogP contribution in [0.1, 0.15) is 71.1 Å². The van der Waals surface area contributed by atoms with Crippen molar-refractivity contribution in [1.29, 1.82) is 0 Å². The van der Waals surface area contributed by atoms with Crippen LogP contribution in [0.15, 0.2) is 36.5 Å². The molecule has 0 aromatic heterocycles. The Morgan fingerprint density at radius 1 is 0.667 bits per heavy atom. The monoisotopic (exact) mass is 247 g/mol. The predicted octanol–water partition coefficient (Wildman–Crippen LogP) is 6.41. The molecule has 103 valence electrons. The van der Waals surface area contributed by atoms with Crippen molar-refractivity contribution in [2.75, 3.05) is 0 Å². The van der Waals surface area contributed by atoms with Gasteiger partial charge in [-0.1, -0.05) is 76.0 Å². The highest BCUT2D eigenvalue weighted by atomic mass is 13.9. The summed E-state index contributed by atoms with van der Waals surface area (Å²) in [5.74, 6) is 0. The molecule has 0 saturated carbocycles. The summed E-state index contributed by atoms with van der Waals surface area (Å²) >= 11 is 0. The van der Waals surface area contributed by atoms with Crippen LogP contribution in [-0.4, -0.2) is 0 Å². The average molecular weight is 247 g/mol. The lowest BCUT2D eigenvalue weighted by Crippen LogP contribution is -1.71. The standard InChI is InChI=1S/C18H31/c1-3-5-7-9-11-13-15-17-18-16-14-12-10-8-6-4-2/h11-14,17-18H,1,3-10,15-16H2,2H3/b13-11+,14-12+,18-17+. The summed E-state index contributed by atoms with van der Waals surface area (Å²) in [5.41, 5.74) is 0. The lowest BCUT2D eigenvalue weighted by Gasteiger charge is -1.91. The van der Waals surface area contributed by atoms with Gasteiger partial charge < -0.3 is 0 Å². The molecule has 0 unspecified atom stereocenters. The summed E-state index contributed by atoms with van der Waals surface area (Å²) in [6.07, 6.45) is 25.9. The molecule has 1 radical (unpaired) electrons. The Morgan fingerprint density at radius 2 is 1.17 bits per heavy atom. The molecule has 18 heavy (non-hydrogen) atoms. The Morgan fingerprint density at radius 3 is 1.67 bits per heavy atom. The van der Waals surface area contributed by atoms with Gasteiger partial charge in [0.1, 0.15) is 0 Å². The van der Waals surface area contributed by atoms with E-state index in [0.29, 0.717) is 0 Å². The van der Waals surface area contributed by atoms with Crippen LogP contribution in [0.5, 0.6) is 0 Å². The highest BCUT2D eigenvalue weighted by molar-refractivity contribution is 4.97. The lowest BCUT2D eigenvalue weighted by molar-refractivity contribution is 0.728. The normalized spacial score (nSPS) is 12.3. The molecular weight excluding hydrogens is 216 g/mol. The first-order chi connectivity index (χ1) is 8.91. The molecule has 0 N–H and O–H groups in total. The van der Waals surface area contributed by atoms with E-state index in [1.807, 2.05) is 0 Å². The van der Waals surface area contributed by atoms with E-state index in [2.05, 4.69) is 50.3 Å². The molecule has 0 atom stereocenters. The van der Waals surface area contributed by atoms with Gasteiger partial charge in [-0.25, -0.2) is 0 Å². The topological polar surface area (TPSA) is 0 Å². The van der Waals surface area contributed by atoms with Gasteiger partial charge >= 0.3 is 0 Å². The smallest absolute Gasteiger partial charge is 0.0169 e. The van der Waals surface area contributed by atoms with Crippen LogP contribution in [-0.2, 0) is 0 Å². The molecular formula is C18H31. The van der Waals surface area contributed by atoms with Crippen molar-refractivity contribution in [3.63, 3.8) is 0 Å². The van der Waals surface area contributed by atoms with E-state index < -0.39 is 0 Å². The number of rotatable bonds is 12. The second kappa shape index (κ2) is 16.2. The van der Waals surface area contributed by atoms with Crippen LogP contribution >= 0.6 is 0 Å². The quantitative estimate of drug-likeness (QED) is 0.276. The van der Waals surface area contributed by atoms with Crippen molar-refractivity contribution in [2.45, 2.75) is 71.1 Å². The van der Waals surface area contributed by atoms with Crippen molar-refractivity contribution in [3.05, 3.63) is 43.4 Å². The Kier molecular flexibility index (Phi) is 15.5. The fraction of sp³-hybridized carbons (Fsp3) is 0.611. The molecule has 0 aromatic rings. The third-order valence-electron chi connectivity index (χ3n) is 2.89. The second-order valence-electron chi connectivity index (χ2n) is 4.73. The fourth-order valence-corrected chi connectivity index (χ4v) is 1.73. The Bertz CT molecular complexity index is 196. The third kappa shape index (κ3) is 15.2. The molecule has 0 amide bonds. The molecule has 0 spiro atoms. The van der Waals surface area contributed by atoms with Crippen molar-refractivity contribution in [1.82, 2.24) is 0 Å². The van der Waals surface area contributed by atoms with Crippen LogP contribution in [0.3, 0.4) is 0 Å². The molecule has 0 aliphatic rings. The zero-order valence-corrected chi connectivity index (χ0v) is 12.2. The largest absolute Gasteiger partial charge is 0.0882 e. The van der Waals surface area contributed by atoms with Crippen molar-refractivity contribution >= 4 is 0 Å². The molecule has 0 fully saturated rings. The first-order valence-electron chi connectivity index (χ1n) is 7.66. The molecule has 0 nitrogen and oxygen atoms in total. The van der Waals surface area contributed by atoms with Gasteiger partial charge in [-0.05, 0) is 38.5 Å². The van der Waals surface area contributed by atoms with Crippen molar-refractivity contribution in [3.8, 4) is 0 Å². The minimum Gasteiger partial charge on any atom is -0.0882 e. The Labute approximate surface area is 115 Å². The third-order valence-corrected chi connectivity index (χ3v) is 2.89. The SMILES string of the molecule is [CH2]CCCC/C=C/C/C=C/C/C=C/CCCCC. The average Bonchev–Trinajstić information content (AvgIpc) is 2.39. The summed E-state index contributed by atoms with van der Waals surface area (Å²) < 4.78 is 0. The van der Waals surface area contributed by atoms with Crippen LogP contribution in [0.4, 0.5) is 0 Å². The maximum Gasteiger partial charge on any atom is -0.0169 e. The molecule has 0 saturated heterocycles. The Hall–Kier alpha value is -0.780. The summed E-state index contributed by atoms with van der Waals surface area (Å²) in [4.78, 5) is 0. The lowest BCUT2D eigenvalue weighted by atomic mass is 10.2. The number of allylic oxidation sites excluding steroid dienone is 6. The summed E-state index contributed by atoms with van der Waals surface area (Å²) in [5, 5.41) is 0. The maximum absolute atomic E-state index is 3.84. The zero-order valence-electron chi connectivity index (χ0n) is 12.2. The number of hydrogen-bond acceptors (Lipinski definition) is 0. The van der Waals surface area contributed by atoms with Gasteiger partial charge in [0.25, 0.3) is 0 Å². The van der Waals surface area contributed by atoms with Gasteiger partial charge in [0.05, 0.1) is 0 Å². The predicted molar refractivity (Wildman–Crippen MR) is 84.6 cm³/mol. The number of hydrogen-bond donors (Lipinski definition) is 0. The molecule has 0 aliphatic carbocycles. The summed E-state index contributed by atoms with van der Waals surface area (Å²) in [6, 6.07) is 0. The van der Waals surface area contributed by atoms with E-state index in [9.17, 15) is 0 Å². The van der Waals surface area contributed by atoms with E-state index in [0.717, 1.165) is 19.3 Å². The van der Waals surface area contributed by atoms with Gasteiger partial charge in [0, 0.05) is 0 Å². The van der Waals surface area contributed by atoms with Gasteiger partial charge in [0.15, 0.2) is 0 Å². The first kappa shape index (κ1) is 17.2. The van der Waals surface area contributed by atoms with Crippen molar-refractivity contribution in [2.24, 2.45) is 0 Å².